The van der Waals surface area contributed by atoms with Gasteiger partial charge in [-0.3, -0.25) is 0 Å². The lowest BCUT2D eigenvalue weighted by molar-refractivity contribution is -0.715. The van der Waals surface area contributed by atoms with Crippen molar-refractivity contribution in [2.24, 2.45) is 0 Å². The first-order chi connectivity index (χ1) is 7.58. The second kappa shape index (κ2) is 4.25. The topological polar surface area (TPSA) is 3.88 Å². The van der Waals surface area contributed by atoms with Crippen LogP contribution in [0.1, 0.15) is 45.2 Å². The second-order valence-electron chi connectivity index (χ2n) is 5.03. The summed E-state index contributed by atoms with van der Waals surface area (Å²) < 4.78 is 2.25. The van der Waals surface area contributed by atoms with Gasteiger partial charge in [-0.1, -0.05) is 26.0 Å². The van der Waals surface area contributed by atoms with E-state index in [4.69, 9.17) is 0 Å². The molecular formula is C15H20N+. The van der Waals surface area contributed by atoms with Crippen LogP contribution in [0.5, 0.6) is 0 Å². The van der Waals surface area contributed by atoms with Crippen molar-refractivity contribution in [2.45, 2.75) is 39.7 Å². The summed E-state index contributed by atoms with van der Waals surface area (Å²) in [7, 11) is 0. The van der Waals surface area contributed by atoms with Gasteiger partial charge in [-0.25, -0.2) is 4.57 Å². The molecule has 0 aliphatic rings. The van der Waals surface area contributed by atoms with Crippen LogP contribution in [0, 0.1) is 0 Å². The fourth-order valence-corrected chi connectivity index (χ4v) is 1.91. The van der Waals surface area contributed by atoms with Crippen LogP contribution in [0.2, 0.25) is 0 Å². The summed E-state index contributed by atoms with van der Waals surface area (Å²) in [5.74, 6) is 0.599. The van der Waals surface area contributed by atoms with E-state index < -0.39 is 0 Å². The predicted molar refractivity (Wildman–Crippen MR) is 68.6 cm³/mol. The largest absolute Gasteiger partial charge is 0.202 e. The van der Waals surface area contributed by atoms with Crippen LogP contribution in [0.15, 0.2) is 36.7 Å². The summed E-state index contributed by atoms with van der Waals surface area (Å²) in [4.78, 5) is 0. The third-order valence-electron chi connectivity index (χ3n) is 3.09. The van der Waals surface area contributed by atoms with E-state index in [1.807, 2.05) is 0 Å². The molecule has 1 heteroatoms. The molecule has 0 bridgehead atoms. The zero-order valence-electron chi connectivity index (χ0n) is 10.6. The first-order valence-electron chi connectivity index (χ1n) is 6.02. The summed E-state index contributed by atoms with van der Waals surface area (Å²) in [5, 5.41) is 2.66. The number of aromatic nitrogens is 1. The van der Waals surface area contributed by atoms with Crippen LogP contribution in [0.4, 0.5) is 0 Å². The number of benzene rings is 1. The first-order valence-corrected chi connectivity index (χ1v) is 6.02. The summed E-state index contributed by atoms with van der Waals surface area (Å²) in [6.45, 7) is 8.87. The standard InChI is InChI=1S/C15H20N/c1-11(2)13-5-6-15-10-16(12(3)4)8-7-14(15)9-13/h5-12H,1-4H3/q+1. The molecule has 1 aromatic carbocycles. The van der Waals surface area contributed by atoms with E-state index in [2.05, 4.69) is 68.9 Å². The molecule has 0 aliphatic heterocycles. The Morgan fingerprint density at radius 2 is 1.69 bits per heavy atom. The van der Waals surface area contributed by atoms with Gasteiger partial charge in [-0.2, -0.15) is 0 Å². The molecule has 1 nitrogen and oxygen atoms in total. The Morgan fingerprint density at radius 1 is 0.938 bits per heavy atom. The maximum absolute atomic E-state index is 2.30. The van der Waals surface area contributed by atoms with E-state index in [-0.39, 0.29) is 0 Å². The van der Waals surface area contributed by atoms with E-state index in [1.54, 1.807) is 0 Å². The Kier molecular flexibility index (Phi) is 2.95. The van der Waals surface area contributed by atoms with Crippen molar-refractivity contribution in [2.75, 3.05) is 0 Å². The lowest BCUT2D eigenvalue weighted by atomic mass is 10.0. The third-order valence-corrected chi connectivity index (χ3v) is 3.09. The second-order valence-corrected chi connectivity index (χ2v) is 5.03. The third kappa shape index (κ3) is 2.08. The fourth-order valence-electron chi connectivity index (χ4n) is 1.91. The van der Waals surface area contributed by atoms with Gasteiger partial charge in [0.25, 0.3) is 0 Å². The number of fused-ring (bicyclic) bond motifs is 1. The van der Waals surface area contributed by atoms with Gasteiger partial charge >= 0.3 is 0 Å². The molecule has 16 heavy (non-hydrogen) atoms. The summed E-state index contributed by atoms with van der Waals surface area (Å²) in [5.41, 5.74) is 1.41. The molecule has 2 rings (SSSR count). The van der Waals surface area contributed by atoms with Gasteiger partial charge in [-0.15, -0.1) is 0 Å². The van der Waals surface area contributed by atoms with Gasteiger partial charge in [0.1, 0.15) is 0 Å². The van der Waals surface area contributed by atoms with Gasteiger partial charge < -0.3 is 0 Å². The highest BCUT2D eigenvalue weighted by Gasteiger charge is 2.07. The molecule has 84 valence electrons. The maximum atomic E-state index is 2.30. The highest BCUT2D eigenvalue weighted by atomic mass is 15.0. The number of hydrogen-bond acceptors (Lipinski definition) is 0. The fraction of sp³-hybridized carbons (Fsp3) is 0.400. The molecule has 0 radical (unpaired) electrons. The molecule has 1 aromatic heterocycles. The molecule has 0 saturated carbocycles. The Balaban J connectivity index is 2.53. The van der Waals surface area contributed by atoms with Gasteiger partial charge in [0.2, 0.25) is 0 Å². The monoisotopic (exact) mass is 214 g/mol. The van der Waals surface area contributed by atoms with Crippen molar-refractivity contribution in [1.82, 2.24) is 0 Å². The number of nitrogens with zero attached hydrogens (tertiary/aromatic N) is 1. The molecule has 2 aromatic rings. The minimum Gasteiger partial charge on any atom is -0.202 e. The van der Waals surface area contributed by atoms with E-state index in [1.165, 1.54) is 16.3 Å². The van der Waals surface area contributed by atoms with Gasteiger partial charge in [0, 0.05) is 11.5 Å². The first kappa shape index (κ1) is 11.1. The predicted octanol–water partition coefficient (Wildman–Crippen LogP) is 3.83. The molecule has 0 spiro atoms. The van der Waals surface area contributed by atoms with Crippen LogP contribution in [-0.4, -0.2) is 0 Å². The van der Waals surface area contributed by atoms with Crippen LogP contribution < -0.4 is 4.57 Å². The zero-order valence-corrected chi connectivity index (χ0v) is 10.6. The van der Waals surface area contributed by atoms with Crippen LogP contribution >= 0.6 is 0 Å². The molecule has 0 saturated heterocycles. The number of pyridine rings is 1. The molecule has 0 N–H and O–H groups in total. The van der Waals surface area contributed by atoms with Crippen molar-refractivity contribution < 1.29 is 4.57 Å². The Bertz CT molecular complexity index is 451. The normalized spacial score (nSPS) is 11.6. The summed E-state index contributed by atoms with van der Waals surface area (Å²) in [6.07, 6.45) is 4.39. The van der Waals surface area contributed by atoms with Crippen molar-refractivity contribution >= 4 is 10.8 Å². The smallest absolute Gasteiger partial charge is 0.176 e. The highest BCUT2D eigenvalue weighted by Crippen LogP contribution is 2.20. The molecule has 0 unspecified atom stereocenters. The Hall–Kier alpha value is -1.37. The van der Waals surface area contributed by atoms with Crippen LogP contribution in [0.3, 0.4) is 0 Å². The van der Waals surface area contributed by atoms with Gasteiger partial charge in [0.15, 0.2) is 18.4 Å². The Morgan fingerprint density at radius 3 is 2.31 bits per heavy atom. The van der Waals surface area contributed by atoms with Crippen molar-refractivity contribution in [1.29, 1.82) is 0 Å². The Labute approximate surface area is 97.7 Å². The molecule has 0 amide bonds. The number of hydrogen-bond donors (Lipinski definition) is 0. The minimum absolute atomic E-state index is 0.522. The van der Waals surface area contributed by atoms with E-state index in [0.29, 0.717) is 12.0 Å². The quantitative estimate of drug-likeness (QED) is 0.669. The van der Waals surface area contributed by atoms with Crippen molar-refractivity contribution in [3.05, 3.63) is 42.2 Å². The van der Waals surface area contributed by atoms with Crippen molar-refractivity contribution in [3.8, 4) is 0 Å². The summed E-state index contributed by atoms with van der Waals surface area (Å²) >= 11 is 0. The van der Waals surface area contributed by atoms with Crippen LogP contribution in [-0.2, 0) is 0 Å². The van der Waals surface area contributed by atoms with Crippen molar-refractivity contribution in [3.63, 3.8) is 0 Å². The highest BCUT2D eigenvalue weighted by molar-refractivity contribution is 5.81. The van der Waals surface area contributed by atoms with E-state index in [9.17, 15) is 0 Å². The summed E-state index contributed by atoms with van der Waals surface area (Å²) in [6, 6.07) is 9.49. The number of rotatable bonds is 2. The maximum Gasteiger partial charge on any atom is 0.176 e. The molecule has 0 aliphatic carbocycles. The lowest BCUT2D eigenvalue weighted by Crippen LogP contribution is -2.34. The van der Waals surface area contributed by atoms with E-state index in [0.717, 1.165) is 0 Å². The lowest BCUT2D eigenvalue weighted by Gasteiger charge is -2.07. The van der Waals surface area contributed by atoms with Crippen LogP contribution in [0.25, 0.3) is 10.8 Å². The molecular weight excluding hydrogens is 194 g/mol. The van der Waals surface area contributed by atoms with E-state index >= 15 is 0 Å². The minimum atomic E-state index is 0.522. The molecule has 0 fully saturated rings. The average molecular weight is 214 g/mol. The van der Waals surface area contributed by atoms with Gasteiger partial charge in [0.05, 0.1) is 0 Å². The average Bonchev–Trinajstić information content (AvgIpc) is 2.27. The molecule has 0 atom stereocenters. The molecule has 1 heterocycles. The zero-order chi connectivity index (χ0) is 11.7. The SMILES string of the molecule is CC(C)c1ccc2c[n+](C(C)C)ccc2c1. The van der Waals surface area contributed by atoms with Gasteiger partial charge in [-0.05, 0) is 36.8 Å².